The summed E-state index contributed by atoms with van der Waals surface area (Å²) in [7, 11) is 0. The number of amides is 2. The quantitative estimate of drug-likeness (QED) is 0.893. The fourth-order valence-corrected chi connectivity index (χ4v) is 5.00. The number of nitrogens with two attached hydrogens (primary N) is 1. The summed E-state index contributed by atoms with van der Waals surface area (Å²) in [5.41, 5.74) is 9.58. The number of aryl methyl sites for hydroxylation is 2. The molecule has 140 valence electrons. The molecule has 3 aliphatic rings. The Morgan fingerprint density at radius 3 is 2.54 bits per heavy atom. The van der Waals surface area contributed by atoms with E-state index in [9.17, 15) is 9.59 Å². The molecular weight excluding hydrogens is 326 g/mol. The minimum atomic E-state index is -0.197. The number of nitrogens with zero attached hydrogens (tertiary/aromatic N) is 2. The second-order valence-corrected chi connectivity index (χ2v) is 8.04. The molecule has 1 aromatic carbocycles. The van der Waals surface area contributed by atoms with Crippen molar-refractivity contribution in [3.63, 3.8) is 0 Å². The third-order valence-electron chi connectivity index (χ3n) is 6.43. The predicted octanol–water partition coefficient (Wildman–Crippen LogP) is 1.66. The van der Waals surface area contributed by atoms with Crippen LogP contribution in [0.2, 0.25) is 0 Å². The van der Waals surface area contributed by atoms with Gasteiger partial charge >= 0.3 is 0 Å². The first-order valence-corrected chi connectivity index (χ1v) is 10.1. The molecule has 5 nitrogen and oxygen atoms in total. The van der Waals surface area contributed by atoms with Crippen molar-refractivity contribution in [1.82, 2.24) is 9.80 Å². The second-order valence-electron chi connectivity index (χ2n) is 8.04. The SMILES string of the molecule is NC(=O)C1CCCN1C1CCN(C(=O)Cc2ccc3c(c2)CCC3)CC1. The Kier molecular flexibility index (Phi) is 4.98. The molecule has 5 heteroatoms. The topological polar surface area (TPSA) is 66.6 Å². The number of hydrogen-bond acceptors (Lipinski definition) is 3. The van der Waals surface area contributed by atoms with Crippen molar-refractivity contribution in [2.45, 2.75) is 63.5 Å². The highest BCUT2D eigenvalue weighted by Gasteiger charge is 2.36. The molecule has 2 N–H and O–H groups in total. The Balaban J connectivity index is 1.31. The van der Waals surface area contributed by atoms with Crippen molar-refractivity contribution in [1.29, 1.82) is 0 Å². The first-order chi connectivity index (χ1) is 12.6. The van der Waals surface area contributed by atoms with Crippen molar-refractivity contribution in [2.75, 3.05) is 19.6 Å². The van der Waals surface area contributed by atoms with Crippen LogP contribution in [0.25, 0.3) is 0 Å². The molecule has 1 aromatic rings. The largest absolute Gasteiger partial charge is 0.368 e. The Labute approximate surface area is 155 Å². The molecule has 0 bridgehead atoms. The summed E-state index contributed by atoms with van der Waals surface area (Å²) >= 11 is 0. The van der Waals surface area contributed by atoms with E-state index in [0.717, 1.165) is 57.3 Å². The smallest absolute Gasteiger partial charge is 0.234 e. The minimum Gasteiger partial charge on any atom is -0.368 e. The lowest BCUT2D eigenvalue weighted by molar-refractivity contribution is -0.133. The zero-order valence-corrected chi connectivity index (χ0v) is 15.5. The van der Waals surface area contributed by atoms with Gasteiger partial charge in [0.25, 0.3) is 0 Å². The highest BCUT2D eigenvalue weighted by Crippen LogP contribution is 2.27. The van der Waals surface area contributed by atoms with E-state index in [-0.39, 0.29) is 17.9 Å². The molecule has 2 heterocycles. The van der Waals surface area contributed by atoms with Crippen molar-refractivity contribution in [3.8, 4) is 0 Å². The summed E-state index contributed by atoms with van der Waals surface area (Å²) in [5.74, 6) is 0.0342. The van der Waals surface area contributed by atoms with E-state index in [2.05, 4.69) is 23.1 Å². The van der Waals surface area contributed by atoms with Crippen LogP contribution in [0, 0.1) is 0 Å². The van der Waals surface area contributed by atoms with E-state index in [0.29, 0.717) is 12.5 Å². The van der Waals surface area contributed by atoms with Gasteiger partial charge in [-0.2, -0.15) is 0 Å². The molecule has 2 aliphatic heterocycles. The molecule has 2 amide bonds. The maximum atomic E-state index is 12.7. The summed E-state index contributed by atoms with van der Waals surface area (Å²) in [6.07, 6.45) is 7.89. The fourth-order valence-electron chi connectivity index (χ4n) is 5.00. The summed E-state index contributed by atoms with van der Waals surface area (Å²) in [5, 5.41) is 0. The van der Waals surface area contributed by atoms with E-state index >= 15 is 0 Å². The molecule has 2 saturated heterocycles. The lowest BCUT2D eigenvalue weighted by atomic mass is 10.00. The van der Waals surface area contributed by atoms with E-state index in [1.54, 1.807) is 0 Å². The molecule has 1 unspecified atom stereocenters. The van der Waals surface area contributed by atoms with Crippen LogP contribution in [0.3, 0.4) is 0 Å². The van der Waals surface area contributed by atoms with Gasteiger partial charge in [-0.1, -0.05) is 18.2 Å². The number of rotatable bonds is 4. The maximum absolute atomic E-state index is 12.7. The van der Waals surface area contributed by atoms with Crippen LogP contribution in [0.15, 0.2) is 18.2 Å². The first-order valence-electron chi connectivity index (χ1n) is 10.1. The van der Waals surface area contributed by atoms with Crippen LogP contribution in [-0.2, 0) is 28.9 Å². The number of hydrogen-bond donors (Lipinski definition) is 1. The number of likely N-dealkylation sites (tertiary alicyclic amines) is 2. The molecule has 0 radical (unpaired) electrons. The maximum Gasteiger partial charge on any atom is 0.234 e. The van der Waals surface area contributed by atoms with Crippen LogP contribution in [0.5, 0.6) is 0 Å². The number of piperidine rings is 1. The zero-order chi connectivity index (χ0) is 18.1. The summed E-state index contributed by atoms with van der Waals surface area (Å²) < 4.78 is 0. The molecular formula is C21H29N3O2. The van der Waals surface area contributed by atoms with E-state index in [1.165, 1.54) is 24.0 Å². The normalized spacial score (nSPS) is 24.0. The van der Waals surface area contributed by atoms with Crippen LogP contribution in [0.1, 0.15) is 48.8 Å². The monoisotopic (exact) mass is 355 g/mol. The van der Waals surface area contributed by atoms with Gasteiger partial charge in [-0.15, -0.1) is 0 Å². The van der Waals surface area contributed by atoms with Gasteiger partial charge < -0.3 is 10.6 Å². The van der Waals surface area contributed by atoms with Crippen molar-refractivity contribution >= 4 is 11.8 Å². The molecule has 2 fully saturated rings. The van der Waals surface area contributed by atoms with Crippen molar-refractivity contribution in [2.24, 2.45) is 5.73 Å². The predicted molar refractivity (Wildman–Crippen MR) is 101 cm³/mol. The third-order valence-corrected chi connectivity index (χ3v) is 6.43. The van der Waals surface area contributed by atoms with Crippen molar-refractivity contribution < 1.29 is 9.59 Å². The molecule has 26 heavy (non-hydrogen) atoms. The van der Waals surface area contributed by atoms with Gasteiger partial charge in [0.05, 0.1) is 12.5 Å². The number of fused-ring (bicyclic) bond motifs is 1. The molecule has 4 rings (SSSR count). The average Bonchev–Trinajstić information content (AvgIpc) is 3.30. The van der Waals surface area contributed by atoms with Crippen molar-refractivity contribution in [3.05, 3.63) is 34.9 Å². The molecule has 1 aliphatic carbocycles. The fraction of sp³-hybridized carbons (Fsp3) is 0.619. The van der Waals surface area contributed by atoms with Gasteiger partial charge in [-0.05, 0) is 68.2 Å². The summed E-state index contributed by atoms with van der Waals surface area (Å²) in [6.45, 7) is 2.54. The summed E-state index contributed by atoms with van der Waals surface area (Å²) in [6, 6.07) is 6.84. The standard InChI is InChI=1S/C21H29N3O2/c22-21(26)19-5-2-10-24(19)18-8-11-23(12-9-18)20(25)14-15-6-7-16-3-1-4-17(16)13-15/h6-7,13,18-19H,1-5,8-12,14H2,(H2,22,26). The number of benzene rings is 1. The highest BCUT2D eigenvalue weighted by atomic mass is 16.2. The van der Waals surface area contributed by atoms with Crippen LogP contribution in [-0.4, -0.2) is 53.3 Å². The van der Waals surface area contributed by atoms with Gasteiger partial charge in [0.15, 0.2) is 0 Å². The summed E-state index contributed by atoms with van der Waals surface area (Å²) in [4.78, 5) is 28.6. The second kappa shape index (κ2) is 7.39. The van der Waals surface area contributed by atoms with Gasteiger partial charge in [0, 0.05) is 19.1 Å². The van der Waals surface area contributed by atoms with Gasteiger partial charge in [-0.25, -0.2) is 0 Å². The average molecular weight is 355 g/mol. The Bertz CT molecular complexity index is 694. The number of primary amides is 1. The van der Waals surface area contributed by atoms with E-state index < -0.39 is 0 Å². The van der Waals surface area contributed by atoms with Gasteiger partial charge in [-0.3, -0.25) is 14.5 Å². The third kappa shape index (κ3) is 3.50. The van der Waals surface area contributed by atoms with E-state index in [4.69, 9.17) is 5.73 Å². The van der Waals surface area contributed by atoms with Gasteiger partial charge in [0.1, 0.15) is 0 Å². The van der Waals surface area contributed by atoms with E-state index in [1.807, 2.05) is 4.90 Å². The molecule has 0 aromatic heterocycles. The zero-order valence-electron chi connectivity index (χ0n) is 15.5. The lowest BCUT2D eigenvalue weighted by Crippen LogP contribution is -2.51. The van der Waals surface area contributed by atoms with Crippen LogP contribution >= 0.6 is 0 Å². The minimum absolute atomic E-state index is 0.103. The number of carbonyl (C=O) groups excluding carboxylic acids is 2. The first kappa shape index (κ1) is 17.5. The van der Waals surface area contributed by atoms with Crippen LogP contribution in [0.4, 0.5) is 0 Å². The lowest BCUT2D eigenvalue weighted by Gasteiger charge is -2.38. The highest BCUT2D eigenvalue weighted by molar-refractivity contribution is 5.80. The number of carbonyl (C=O) groups is 2. The molecule has 1 atom stereocenters. The van der Waals surface area contributed by atoms with Gasteiger partial charge in [0.2, 0.25) is 11.8 Å². The molecule has 0 spiro atoms. The Morgan fingerprint density at radius 1 is 1.00 bits per heavy atom. The molecule has 0 saturated carbocycles. The Morgan fingerprint density at radius 2 is 1.77 bits per heavy atom. The Hall–Kier alpha value is -1.88. The van der Waals surface area contributed by atoms with Crippen LogP contribution < -0.4 is 5.73 Å².